The fraction of sp³-hybridized carbons (Fsp3) is 0.273. The van der Waals surface area contributed by atoms with Crippen molar-refractivity contribution in [1.29, 1.82) is 5.41 Å². The number of carbonyl (C=O) groups excluding carboxylic acids is 1. The number of ketones is 1. The summed E-state index contributed by atoms with van der Waals surface area (Å²) in [6.07, 6.45) is -0.135. The number of halogens is 3. The van der Waals surface area contributed by atoms with Crippen molar-refractivity contribution in [2.75, 3.05) is 0 Å². The van der Waals surface area contributed by atoms with Gasteiger partial charge in [0, 0.05) is 17.9 Å². The number of alkyl halides is 3. The minimum absolute atomic E-state index is 0.0861. The monoisotopic (exact) mass is 437 g/mol. The molecule has 2 aromatic rings. The van der Waals surface area contributed by atoms with Crippen LogP contribution in [0.5, 0.6) is 0 Å². The molecule has 148 valence electrons. The van der Waals surface area contributed by atoms with Gasteiger partial charge < -0.3 is 4.74 Å². The number of rotatable bonds is 8. The number of ether oxygens (including phenoxy) is 1. The molecule has 1 N–H and O–H groups in total. The van der Waals surface area contributed by atoms with Gasteiger partial charge in [-0.2, -0.15) is 0 Å². The number of hydrogen-bond donors (Lipinski definition) is 1. The van der Waals surface area contributed by atoms with Crippen LogP contribution in [-0.2, 0) is 9.53 Å². The highest BCUT2D eigenvalue weighted by Gasteiger charge is 2.34. The van der Waals surface area contributed by atoms with Crippen molar-refractivity contribution >= 4 is 46.5 Å². The Bertz CT molecular complexity index is 777. The summed E-state index contributed by atoms with van der Waals surface area (Å²) in [7, 11) is 0. The summed E-state index contributed by atoms with van der Waals surface area (Å²) < 4.78 is 3.63. The molecule has 0 bridgehead atoms. The van der Waals surface area contributed by atoms with Crippen molar-refractivity contribution in [2.24, 2.45) is 0 Å². The molecule has 3 nitrogen and oxygen atoms in total. The average molecular weight is 439 g/mol. The zero-order chi connectivity index (χ0) is 20.7. The maximum atomic E-state index is 12.3. The first kappa shape index (κ1) is 22.5. The SMILES string of the molecule is C=C(C(=O)CC)C(CC(c1ccccc1)c1ccccc1)OC(=N)C(Cl)(Cl)Cl. The summed E-state index contributed by atoms with van der Waals surface area (Å²) >= 11 is 17.3. The van der Waals surface area contributed by atoms with E-state index in [9.17, 15) is 4.79 Å². The second kappa shape index (κ2) is 10.1. The third-order valence-electron chi connectivity index (χ3n) is 4.44. The molecule has 2 aromatic carbocycles. The highest BCUT2D eigenvalue weighted by atomic mass is 35.6. The highest BCUT2D eigenvalue weighted by molar-refractivity contribution is 6.76. The van der Waals surface area contributed by atoms with Gasteiger partial charge in [0.05, 0.1) is 0 Å². The standard InChI is InChI=1S/C22H22Cl3NO2/c1-3-19(27)15(2)20(28-21(26)22(23,24)25)14-18(16-10-6-4-7-11-16)17-12-8-5-9-13-17/h4-13,18,20,26H,2-3,14H2,1H3. The van der Waals surface area contributed by atoms with Gasteiger partial charge in [-0.1, -0.05) is 109 Å². The Morgan fingerprint density at radius 2 is 1.50 bits per heavy atom. The minimum atomic E-state index is -2.01. The predicted molar refractivity (Wildman–Crippen MR) is 117 cm³/mol. The lowest BCUT2D eigenvalue weighted by Gasteiger charge is -2.28. The molecule has 0 radical (unpaired) electrons. The summed E-state index contributed by atoms with van der Waals surface area (Å²) in [5.74, 6) is -0.772. The molecule has 1 atom stereocenters. The van der Waals surface area contributed by atoms with Crippen LogP contribution >= 0.6 is 34.8 Å². The molecule has 0 fully saturated rings. The molecule has 0 amide bonds. The van der Waals surface area contributed by atoms with Gasteiger partial charge in [-0.05, 0) is 17.5 Å². The van der Waals surface area contributed by atoms with Crippen LogP contribution in [-0.4, -0.2) is 21.6 Å². The van der Waals surface area contributed by atoms with Gasteiger partial charge in [-0.15, -0.1) is 0 Å². The van der Waals surface area contributed by atoms with Crippen molar-refractivity contribution < 1.29 is 9.53 Å². The molecule has 0 aliphatic heterocycles. The number of benzene rings is 2. The van der Waals surface area contributed by atoms with Gasteiger partial charge in [0.1, 0.15) is 6.10 Å². The fourth-order valence-electron chi connectivity index (χ4n) is 2.93. The molecule has 28 heavy (non-hydrogen) atoms. The Morgan fingerprint density at radius 3 is 1.89 bits per heavy atom. The first-order valence-corrected chi connectivity index (χ1v) is 10.0. The molecule has 0 aliphatic rings. The summed E-state index contributed by atoms with van der Waals surface area (Å²) in [6.45, 7) is 5.65. The third-order valence-corrected chi connectivity index (χ3v) is 4.95. The largest absolute Gasteiger partial charge is 0.470 e. The molecule has 2 rings (SSSR count). The molecule has 0 saturated carbocycles. The van der Waals surface area contributed by atoms with Gasteiger partial charge in [-0.25, -0.2) is 0 Å². The molecule has 0 aromatic heterocycles. The zero-order valence-corrected chi connectivity index (χ0v) is 17.8. The second-order valence-electron chi connectivity index (χ2n) is 6.34. The summed E-state index contributed by atoms with van der Waals surface area (Å²) in [5, 5.41) is 7.95. The normalized spacial score (nSPS) is 12.5. The lowest BCUT2D eigenvalue weighted by atomic mass is 9.84. The van der Waals surface area contributed by atoms with Crippen LogP contribution in [0.15, 0.2) is 72.8 Å². The van der Waals surface area contributed by atoms with Crippen LogP contribution in [0.4, 0.5) is 0 Å². The Hall–Kier alpha value is -1.81. The molecular weight excluding hydrogens is 417 g/mol. The summed E-state index contributed by atoms with van der Waals surface area (Å²) in [5.41, 5.74) is 2.37. The van der Waals surface area contributed by atoms with Crippen LogP contribution in [0, 0.1) is 5.41 Å². The van der Waals surface area contributed by atoms with E-state index < -0.39 is 15.8 Å². The van der Waals surface area contributed by atoms with E-state index in [2.05, 4.69) is 6.58 Å². The Balaban J connectivity index is 2.40. The van der Waals surface area contributed by atoms with E-state index in [0.717, 1.165) is 11.1 Å². The van der Waals surface area contributed by atoms with Crippen LogP contribution in [0.1, 0.15) is 36.8 Å². The molecule has 0 spiro atoms. The average Bonchev–Trinajstić information content (AvgIpc) is 2.70. The van der Waals surface area contributed by atoms with E-state index in [1.54, 1.807) is 6.92 Å². The van der Waals surface area contributed by atoms with E-state index in [-0.39, 0.29) is 23.7 Å². The molecule has 0 heterocycles. The number of carbonyl (C=O) groups is 1. The predicted octanol–water partition coefficient (Wildman–Crippen LogP) is 6.48. The Kier molecular flexibility index (Phi) is 8.11. The first-order valence-electron chi connectivity index (χ1n) is 8.88. The number of Topliss-reactive ketones (excluding diaryl/α,β-unsaturated/α-hetero) is 1. The minimum Gasteiger partial charge on any atom is -0.470 e. The first-order chi connectivity index (χ1) is 13.2. The molecular formula is C22H22Cl3NO2. The van der Waals surface area contributed by atoms with E-state index in [4.69, 9.17) is 44.9 Å². The molecule has 0 saturated heterocycles. The van der Waals surface area contributed by atoms with Gasteiger partial charge in [0.25, 0.3) is 3.79 Å². The third kappa shape index (κ3) is 6.10. The van der Waals surface area contributed by atoms with Crippen LogP contribution in [0.25, 0.3) is 0 Å². The van der Waals surface area contributed by atoms with Crippen molar-refractivity contribution in [1.82, 2.24) is 0 Å². The Labute approximate surface area is 180 Å². The van der Waals surface area contributed by atoms with Crippen molar-refractivity contribution in [3.05, 3.63) is 83.9 Å². The van der Waals surface area contributed by atoms with Gasteiger partial charge >= 0.3 is 0 Å². The second-order valence-corrected chi connectivity index (χ2v) is 8.63. The van der Waals surface area contributed by atoms with Gasteiger partial charge in [0.2, 0.25) is 5.90 Å². The maximum absolute atomic E-state index is 12.3. The van der Waals surface area contributed by atoms with Gasteiger partial charge in [-0.3, -0.25) is 10.2 Å². The molecule has 0 aliphatic carbocycles. The van der Waals surface area contributed by atoms with Crippen molar-refractivity contribution in [2.45, 2.75) is 35.6 Å². The smallest absolute Gasteiger partial charge is 0.265 e. The van der Waals surface area contributed by atoms with Crippen molar-refractivity contribution in [3.8, 4) is 0 Å². The van der Waals surface area contributed by atoms with Gasteiger partial charge in [0.15, 0.2) is 5.78 Å². The number of hydrogen-bond acceptors (Lipinski definition) is 3. The molecule has 1 unspecified atom stereocenters. The quantitative estimate of drug-likeness (QED) is 0.222. The maximum Gasteiger partial charge on any atom is 0.265 e. The van der Waals surface area contributed by atoms with Crippen LogP contribution in [0.3, 0.4) is 0 Å². The lowest BCUT2D eigenvalue weighted by Crippen LogP contribution is -2.31. The van der Waals surface area contributed by atoms with E-state index in [1.165, 1.54) is 0 Å². The highest BCUT2D eigenvalue weighted by Crippen LogP contribution is 2.34. The van der Waals surface area contributed by atoms with E-state index >= 15 is 0 Å². The van der Waals surface area contributed by atoms with Crippen LogP contribution < -0.4 is 0 Å². The molecule has 6 heteroatoms. The zero-order valence-electron chi connectivity index (χ0n) is 15.5. The fourth-order valence-corrected chi connectivity index (χ4v) is 3.06. The summed E-state index contributed by atoms with van der Waals surface area (Å²) in [4.78, 5) is 12.3. The van der Waals surface area contributed by atoms with E-state index in [0.29, 0.717) is 6.42 Å². The number of nitrogens with one attached hydrogen (secondary N) is 1. The van der Waals surface area contributed by atoms with E-state index in [1.807, 2.05) is 60.7 Å². The Morgan fingerprint density at radius 1 is 1.04 bits per heavy atom. The topological polar surface area (TPSA) is 50.2 Å². The summed E-state index contributed by atoms with van der Waals surface area (Å²) in [6, 6.07) is 19.8. The lowest BCUT2D eigenvalue weighted by molar-refractivity contribution is -0.116. The van der Waals surface area contributed by atoms with Crippen LogP contribution in [0.2, 0.25) is 0 Å². The van der Waals surface area contributed by atoms with Crippen molar-refractivity contribution in [3.63, 3.8) is 0 Å².